The van der Waals surface area contributed by atoms with Crippen LogP contribution in [0.25, 0.3) is 0 Å². The highest BCUT2D eigenvalue weighted by Crippen LogP contribution is 2.48. The Bertz CT molecular complexity index is 941. The summed E-state index contributed by atoms with van der Waals surface area (Å²) in [5.74, 6) is 5.18. The quantitative estimate of drug-likeness (QED) is 0.647. The first kappa shape index (κ1) is 23.4. The molecular formula is C25H32FN3O4. The first-order valence-corrected chi connectivity index (χ1v) is 11.8. The van der Waals surface area contributed by atoms with Gasteiger partial charge in [-0.1, -0.05) is 5.92 Å². The molecule has 0 radical (unpaired) electrons. The van der Waals surface area contributed by atoms with Crippen molar-refractivity contribution in [2.75, 3.05) is 50.8 Å². The first-order chi connectivity index (χ1) is 16.0. The second-order valence-electron chi connectivity index (χ2n) is 8.96. The largest absolute Gasteiger partial charge is 0.450 e. The number of carbonyl (C=O) groups is 2. The summed E-state index contributed by atoms with van der Waals surface area (Å²) in [4.78, 5) is 30.6. The zero-order valence-corrected chi connectivity index (χ0v) is 19.4. The van der Waals surface area contributed by atoms with Crippen molar-refractivity contribution >= 4 is 17.9 Å². The lowest BCUT2D eigenvalue weighted by Gasteiger charge is -2.45. The predicted molar refractivity (Wildman–Crippen MR) is 123 cm³/mol. The Hall–Kier alpha value is -2.79. The summed E-state index contributed by atoms with van der Waals surface area (Å²) in [7, 11) is 0. The number of piperidine rings is 2. The molecule has 0 atom stereocenters. The maximum atomic E-state index is 14.2. The molecule has 8 heteroatoms. The van der Waals surface area contributed by atoms with E-state index in [1.807, 2.05) is 6.92 Å². The molecule has 2 saturated heterocycles. The Morgan fingerprint density at radius 3 is 2.52 bits per heavy atom. The Labute approximate surface area is 194 Å². The van der Waals surface area contributed by atoms with Crippen LogP contribution in [0.15, 0.2) is 18.2 Å². The number of hydrogen-bond acceptors (Lipinski definition) is 5. The number of amides is 2. The van der Waals surface area contributed by atoms with Crippen molar-refractivity contribution in [3.05, 3.63) is 29.6 Å². The average molecular weight is 458 g/mol. The Kier molecular flexibility index (Phi) is 7.08. The summed E-state index contributed by atoms with van der Waals surface area (Å²) in [6, 6.07) is 5.09. The standard InChI is InChI=1S/C25H32FN3O4/c1-3-5-16-33-24(31)29-18-25(21-17-19(26)6-7-22(21)29)10-14-27(15-11-25)20-8-12-28(13-9-20)23(30)32-4-2/h6-7,17,20H,4,8-16,18H2,1-2H3. The number of hydrogen-bond donors (Lipinski definition) is 0. The molecule has 0 aliphatic carbocycles. The van der Waals surface area contributed by atoms with Crippen LogP contribution in [0.2, 0.25) is 0 Å². The molecule has 1 aromatic rings. The van der Waals surface area contributed by atoms with Crippen molar-refractivity contribution in [3.8, 4) is 11.8 Å². The molecule has 0 aromatic heterocycles. The maximum Gasteiger partial charge on any atom is 0.415 e. The van der Waals surface area contributed by atoms with E-state index in [1.165, 1.54) is 6.07 Å². The lowest BCUT2D eigenvalue weighted by atomic mass is 9.74. The Morgan fingerprint density at radius 1 is 1.12 bits per heavy atom. The molecule has 4 rings (SSSR count). The van der Waals surface area contributed by atoms with Gasteiger partial charge in [-0.2, -0.15) is 0 Å². The van der Waals surface area contributed by atoms with Gasteiger partial charge in [-0.25, -0.2) is 14.0 Å². The van der Waals surface area contributed by atoms with E-state index < -0.39 is 6.09 Å². The van der Waals surface area contributed by atoms with Gasteiger partial charge < -0.3 is 19.3 Å². The van der Waals surface area contributed by atoms with Gasteiger partial charge in [0.05, 0.1) is 12.3 Å². The van der Waals surface area contributed by atoms with Crippen LogP contribution in [-0.2, 0) is 14.9 Å². The van der Waals surface area contributed by atoms with Crippen molar-refractivity contribution in [2.24, 2.45) is 0 Å². The number of halogens is 1. The van der Waals surface area contributed by atoms with Gasteiger partial charge in [-0.15, -0.1) is 5.92 Å². The minimum atomic E-state index is -0.434. The molecule has 2 amide bonds. The maximum absolute atomic E-state index is 14.2. The van der Waals surface area contributed by atoms with E-state index in [2.05, 4.69) is 16.7 Å². The highest BCUT2D eigenvalue weighted by Gasteiger charge is 2.47. The van der Waals surface area contributed by atoms with E-state index in [0.29, 0.717) is 32.3 Å². The van der Waals surface area contributed by atoms with Crippen molar-refractivity contribution < 1.29 is 23.5 Å². The van der Waals surface area contributed by atoms with Gasteiger partial charge >= 0.3 is 12.2 Å². The van der Waals surface area contributed by atoms with Gasteiger partial charge in [0.1, 0.15) is 5.82 Å². The van der Waals surface area contributed by atoms with Crippen LogP contribution < -0.4 is 4.90 Å². The molecule has 1 aromatic carbocycles. The van der Waals surface area contributed by atoms with Crippen LogP contribution in [0, 0.1) is 17.7 Å². The molecule has 3 aliphatic heterocycles. The second kappa shape index (κ2) is 10.0. The summed E-state index contributed by atoms with van der Waals surface area (Å²) in [6.45, 7) is 7.64. The molecular weight excluding hydrogens is 425 g/mol. The zero-order valence-electron chi connectivity index (χ0n) is 19.4. The van der Waals surface area contributed by atoms with Crippen LogP contribution in [0.5, 0.6) is 0 Å². The average Bonchev–Trinajstić information content (AvgIpc) is 3.13. The summed E-state index contributed by atoms with van der Waals surface area (Å²) in [5, 5.41) is 0. The number of benzene rings is 1. The third-order valence-electron chi connectivity index (χ3n) is 7.21. The van der Waals surface area contributed by atoms with Crippen molar-refractivity contribution in [3.63, 3.8) is 0 Å². The molecule has 0 N–H and O–H groups in total. The highest BCUT2D eigenvalue weighted by molar-refractivity contribution is 5.91. The summed E-state index contributed by atoms with van der Waals surface area (Å²) in [5.41, 5.74) is 1.37. The SMILES string of the molecule is CC#CCOC(=O)N1CC2(CCN(C3CCN(C(=O)OCC)CC3)CC2)c2cc(F)ccc21. The van der Waals surface area contributed by atoms with Gasteiger partial charge in [0, 0.05) is 31.1 Å². The molecule has 1 spiro atoms. The minimum absolute atomic E-state index is 0.0492. The lowest BCUT2D eigenvalue weighted by molar-refractivity contribution is 0.0577. The summed E-state index contributed by atoms with van der Waals surface area (Å²) in [6.07, 6.45) is 2.88. The van der Waals surface area contributed by atoms with Crippen LogP contribution in [0.1, 0.15) is 45.1 Å². The predicted octanol–water partition coefficient (Wildman–Crippen LogP) is 3.76. The highest BCUT2D eigenvalue weighted by atomic mass is 19.1. The number of likely N-dealkylation sites (tertiary alicyclic amines) is 2. The number of rotatable bonds is 3. The molecule has 0 unspecified atom stereocenters. The molecule has 0 bridgehead atoms. The number of carbonyl (C=O) groups excluding carboxylic acids is 2. The monoisotopic (exact) mass is 457 g/mol. The number of ether oxygens (including phenoxy) is 2. The van der Waals surface area contributed by atoms with E-state index in [-0.39, 0.29) is 23.9 Å². The Balaban J connectivity index is 1.41. The van der Waals surface area contributed by atoms with Gasteiger partial charge in [0.15, 0.2) is 6.61 Å². The molecule has 33 heavy (non-hydrogen) atoms. The third kappa shape index (κ3) is 4.79. The van der Waals surface area contributed by atoms with E-state index in [9.17, 15) is 14.0 Å². The van der Waals surface area contributed by atoms with Crippen LogP contribution in [-0.4, -0.2) is 74.0 Å². The van der Waals surface area contributed by atoms with Crippen LogP contribution in [0.4, 0.5) is 19.7 Å². The van der Waals surface area contributed by atoms with Gasteiger partial charge in [-0.3, -0.25) is 4.90 Å². The summed E-state index contributed by atoms with van der Waals surface area (Å²) < 4.78 is 24.6. The molecule has 178 valence electrons. The molecule has 7 nitrogen and oxygen atoms in total. The summed E-state index contributed by atoms with van der Waals surface area (Å²) >= 11 is 0. The smallest absolute Gasteiger partial charge is 0.415 e. The topological polar surface area (TPSA) is 62.3 Å². The second-order valence-corrected chi connectivity index (χ2v) is 8.96. The number of anilines is 1. The van der Waals surface area contributed by atoms with Crippen molar-refractivity contribution in [1.82, 2.24) is 9.80 Å². The van der Waals surface area contributed by atoms with Gasteiger partial charge in [-0.05, 0) is 76.4 Å². The fraction of sp³-hybridized carbons (Fsp3) is 0.600. The van der Waals surface area contributed by atoms with Crippen LogP contribution >= 0.6 is 0 Å². The van der Waals surface area contributed by atoms with Crippen molar-refractivity contribution in [1.29, 1.82) is 0 Å². The Morgan fingerprint density at radius 2 is 1.85 bits per heavy atom. The first-order valence-electron chi connectivity index (χ1n) is 11.8. The third-order valence-corrected chi connectivity index (χ3v) is 7.21. The normalized spacial score (nSPS) is 20.2. The van der Waals surface area contributed by atoms with Crippen LogP contribution in [0.3, 0.4) is 0 Å². The molecule has 3 heterocycles. The number of nitrogens with zero attached hydrogens (tertiary/aromatic N) is 3. The fourth-order valence-electron chi connectivity index (χ4n) is 5.43. The fourth-order valence-corrected chi connectivity index (χ4v) is 5.43. The lowest BCUT2D eigenvalue weighted by Crippen LogP contribution is -2.52. The zero-order chi connectivity index (χ0) is 23.4. The van der Waals surface area contributed by atoms with Gasteiger partial charge in [0.25, 0.3) is 0 Å². The van der Waals surface area contributed by atoms with E-state index in [0.717, 1.165) is 50.0 Å². The number of fused-ring (bicyclic) bond motifs is 2. The minimum Gasteiger partial charge on any atom is -0.450 e. The van der Waals surface area contributed by atoms with E-state index in [4.69, 9.17) is 9.47 Å². The van der Waals surface area contributed by atoms with Gasteiger partial charge in [0.2, 0.25) is 0 Å². The van der Waals surface area contributed by atoms with Crippen molar-refractivity contribution in [2.45, 2.75) is 51.0 Å². The van der Waals surface area contributed by atoms with E-state index in [1.54, 1.807) is 28.9 Å². The molecule has 2 fully saturated rings. The molecule has 3 aliphatic rings. The van der Waals surface area contributed by atoms with E-state index >= 15 is 0 Å². The molecule has 0 saturated carbocycles.